The van der Waals surface area contributed by atoms with Crippen molar-refractivity contribution in [3.8, 4) is 0 Å². The van der Waals surface area contributed by atoms with Crippen LogP contribution in [0.15, 0.2) is 30.3 Å². The molecule has 0 saturated carbocycles. The van der Waals surface area contributed by atoms with Crippen LogP contribution in [0.4, 0.5) is 0 Å². The topological polar surface area (TPSA) is 29.1 Å². The molecule has 0 aliphatic rings. The van der Waals surface area contributed by atoms with E-state index in [2.05, 4.69) is 5.32 Å². The Bertz CT molecular complexity index is 274. The Labute approximate surface area is 82.9 Å². The van der Waals surface area contributed by atoms with Gasteiger partial charge in [0, 0.05) is 17.5 Å². The van der Waals surface area contributed by atoms with Gasteiger partial charge in [-0.15, -0.1) is 11.6 Å². The molecule has 0 aromatic heterocycles. The molecule has 1 aromatic rings. The van der Waals surface area contributed by atoms with Crippen molar-refractivity contribution in [3.63, 3.8) is 0 Å². The maximum Gasteiger partial charge on any atom is 0.251 e. The number of carbonyl (C=O) groups is 1. The van der Waals surface area contributed by atoms with Crippen LogP contribution >= 0.6 is 11.6 Å². The van der Waals surface area contributed by atoms with Crippen LogP contribution in [0.1, 0.15) is 17.3 Å². The molecule has 0 heterocycles. The Hall–Kier alpha value is -1.02. The number of amides is 1. The van der Waals surface area contributed by atoms with Crippen LogP contribution in [0.2, 0.25) is 0 Å². The fourth-order valence-electron chi connectivity index (χ4n) is 0.935. The zero-order valence-corrected chi connectivity index (χ0v) is 8.21. The molecule has 1 atom stereocenters. The summed E-state index contributed by atoms with van der Waals surface area (Å²) >= 11 is 5.57. The highest BCUT2D eigenvalue weighted by molar-refractivity contribution is 6.18. The molecule has 0 spiro atoms. The number of nitrogens with one attached hydrogen (secondary N) is 1. The highest BCUT2D eigenvalue weighted by atomic mass is 35.5. The SMILES string of the molecule is C[C@@H](CCl)NC(=O)c1ccccc1. The van der Waals surface area contributed by atoms with E-state index in [-0.39, 0.29) is 11.9 Å². The van der Waals surface area contributed by atoms with E-state index in [0.717, 1.165) is 0 Å². The van der Waals surface area contributed by atoms with Crippen molar-refractivity contribution in [1.82, 2.24) is 5.32 Å². The molecule has 3 heteroatoms. The molecule has 0 radical (unpaired) electrons. The van der Waals surface area contributed by atoms with Crippen molar-refractivity contribution >= 4 is 17.5 Å². The number of rotatable bonds is 3. The van der Waals surface area contributed by atoms with Crippen molar-refractivity contribution in [3.05, 3.63) is 35.9 Å². The van der Waals surface area contributed by atoms with Crippen molar-refractivity contribution in [1.29, 1.82) is 0 Å². The van der Waals surface area contributed by atoms with Crippen LogP contribution in [0, 0.1) is 0 Å². The first-order valence-electron chi connectivity index (χ1n) is 4.16. The van der Waals surface area contributed by atoms with Gasteiger partial charge in [-0.1, -0.05) is 18.2 Å². The Balaban J connectivity index is 2.59. The minimum absolute atomic E-state index is 0.00868. The molecule has 1 amide bonds. The van der Waals surface area contributed by atoms with E-state index in [1.807, 2.05) is 25.1 Å². The largest absolute Gasteiger partial charge is 0.348 e. The van der Waals surface area contributed by atoms with Gasteiger partial charge in [0.05, 0.1) is 0 Å². The molecule has 1 aromatic carbocycles. The highest BCUT2D eigenvalue weighted by Crippen LogP contribution is 1.98. The Kier molecular flexibility index (Phi) is 3.77. The number of benzene rings is 1. The standard InChI is InChI=1S/C10H12ClNO/c1-8(7-11)12-10(13)9-5-3-2-4-6-9/h2-6,8H,7H2,1H3,(H,12,13)/t8-/m0/s1. The van der Waals surface area contributed by atoms with E-state index in [1.54, 1.807) is 12.1 Å². The highest BCUT2D eigenvalue weighted by Gasteiger charge is 2.07. The predicted octanol–water partition coefficient (Wildman–Crippen LogP) is 2.04. The van der Waals surface area contributed by atoms with Crippen LogP contribution < -0.4 is 5.32 Å². The van der Waals surface area contributed by atoms with Crippen LogP contribution in [-0.4, -0.2) is 17.8 Å². The fraction of sp³-hybridized carbons (Fsp3) is 0.300. The Morgan fingerprint density at radius 3 is 2.62 bits per heavy atom. The third-order valence-electron chi connectivity index (χ3n) is 1.64. The van der Waals surface area contributed by atoms with Crippen molar-refractivity contribution in [2.24, 2.45) is 0 Å². The smallest absolute Gasteiger partial charge is 0.251 e. The summed E-state index contributed by atoms with van der Waals surface area (Å²) in [6.07, 6.45) is 0. The van der Waals surface area contributed by atoms with Crippen LogP contribution in [-0.2, 0) is 0 Å². The van der Waals surface area contributed by atoms with Crippen LogP contribution in [0.25, 0.3) is 0 Å². The van der Waals surface area contributed by atoms with Gasteiger partial charge in [0.1, 0.15) is 0 Å². The summed E-state index contributed by atoms with van der Waals surface area (Å²) in [6.45, 7) is 1.87. The first kappa shape index (κ1) is 10.1. The number of carbonyl (C=O) groups excluding carboxylic acids is 1. The molecule has 0 fully saturated rings. The van der Waals surface area contributed by atoms with Crippen molar-refractivity contribution in [2.75, 3.05) is 5.88 Å². The van der Waals surface area contributed by atoms with Gasteiger partial charge in [0.15, 0.2) is 0 Å². The van der Waals surface area contributed by atoms with E-state index < -0.39 is 0 Å². The molecule has 1 rings (SSSR count). The maximum absolute atomic E-state index is 11.4. The molecular formula is C10H12ClNO. The van der Waals surface area contributed by atoms with E-state index in [4.69, 9.17) is 11.6 Å². The summed E-state index contributed by atoms with van der Waals surface area (Å²) in [5.41, 5.74) is 0.666. The molecule has 0 aliphatic heterocycles. The van der Waals surface area contributed by atoms with Crippen LogP contribution in [0.5, 0.6) is 0 Å². The second kappa shape index (κ2) is 4.87. The van der Waals surface area contributed by atoms with E-state index in [1.165, 1.54) is 0 Å². The van der Waals surface area contributed by atoms with Gasteiger partial charge in [-0.3, -0.25) is 4.79 Å². The molecule has 1 N–H and O–H groups in total. The van der Waals surface area contributed by atoms with Gasteiger partial charge >= 0.3 is 0 Å². The van der Waals surface area contributed by atoms with E-state index >= 15 is 0 Å². The number of halogens is 1. The molecule has 0 unspecified atom stereocenters. The number of alkyl halides is 1. The summed E-state index contributed by atoms with van der Waals surface area (Å²) < 4.78 is 0. The average Bonchev–Trinajstić information content (AvgIpc) is 2.19. The van der Waals surface area contributed by atoms with Gasteiger partial charge in [-0.05, 0) is 19.1 Å². The molecule has 70 valence electrons. The minimum atomic E-state index is -0.0752. The molecule has 0 saturated heterocycles. The lowest BCUT2D eigenvalue weighted by Gasteiger charge is -2.09. The minimum Gasteiger partial charge on any atom is -0.348 e. The van der Waals surface area contributed by atoms with Crippen molar-refractivity contribution in [2.45, 2.75) is 13.0 Å². The van der Waals surface area contributed by atoms with Crippen LogP contribution in [0.3, 0.4) is 0 Å². The first-order chi connectivity index (χ1) is 6.24. The number of hydrogen-bond donors (Lipinski definition) is 1. The summed E-state index contributed by atoms with van der Waals surface area (Å²) in [5.74, 6) is 0.354. The van der Waals surface area contributed by atoms with Gasteiger partial charge in [0.25, 0.3) is 5.91 Å². The Morgan fingerprint density at radius 2 is 2.08 bits per heavy atom. The lowest BCUT2D eigenvalue weighted by Crippen LogP contribution is -2.33. The summed E-state index contributed by atoms with van der Waals surface area (Å²) in [5, 5.41) is 2.77. The molecule has 13 heavy (non-hydrogen) atoms. The van der Waals surface area contributed by atoms with Crippen molar-refractivity contribution < 1.29 is 4.79 Å². The lowest BCUT2D eigenvalue weighted by atomic mass is 10.2. The quantitative estimate of drug-likeness (QED) is 0.739. The molecular weight excluding hydrogens is 186 g/mol. The second-order valence-corrected chi connectivity index (χ2v) is 3.20. The molecule has 0 bridgehead atoms. The zero-order valence-electron chi connectivity index (χ0n) is 7.46. The monoisotopic (exact) mass is 197 g/mol. The lowest BCUT2D eigenvalue weighted by molar-refractivity contribution is 0.0943. The first-order valence-corrected chi connectivity index (χ1v) is 4.69. The predicted molar refractivity (Wildman–Crippen MR) is 54.1 cm³/mol. The van der Waals surface area contributed by atoms with Gasteiger partial charge in [-0.25, -0.2) is 0 Å². The summed E-state index contributed by atoms with van der Waals surface area (Å²) in [6, 6.07) is 9.10. The molecule has 0 aliphatic carbocycles. The normalized spacial score (nSPS) is 12.2. The fourth-order valence-corrected chi connectivity index (χ4v) is 1.01. The summed E-state index contributed by atoms with van der Waals surface area (Å²) in [4.78, 5) is 11.4. The third kappa shape index (κ3) is 3.07. The van der Waals surface area contributed by atoms with E-state index in [0.29, 0.717) is 11.4 Å². The van der Waals surface area contributed by atoms with Gasteiger partial charge < -0.3 is 5.32 Å². The van der Waals surface area contributed by atoms with Gasteiger partial charge in [0.2, 0.25) is 0 Å². The van der Waals surface area contributed by atoms with E-state index in [9.17, 15) is 4.79 Å². The second-order valence-electron chi connectivity index (χ2n) is 2.89. The maximum atomic E-state index is 11.4. The average molecular weight is 198 g/mol. The summed E-state index contributed by atoms with van der Waals surface area (Å²) in [7, 11) is 0. The zero-order chi connectivity index (χ0) is 9.68. The molecule has 2 nitrogen and oxygen atoms in total. The Morgan fingerprint density at radius 1 is 1.46 bits per heavy atom. The number of hydrogen-bond acceptors (Lipinski definition) is 1. The van der Waals surface area contributed by atoms with Gasteiger partial charge in [-0.2, -0.15) is 0 Å². The third-order valence-corrected chi connectivity index (χ3v) is 2.11.